The summed E-state index contributed by atoms with van der Waals surface area (Å²) in [6.45, 7) is 2.36. The van der Waals surface area contributed by atoms with Gasteiger partial charge in [-0.05, 0) is 24.6 Å². The van der Waals surface area contributed by atoms with Gasteiger partial charge in [0.2, 0.25) is 0 Å². The molecular weight excluding hydrogens is 235 g/mol. The maximum absolute atomic E-state index is 5.94. The predicted octanol–water partition coefficient (Wildman–Crippen LogP) is 2.55. The van der Waals surface area contributed by atoms with Gasteiger partial charge in [-0.25, -0.2) is 4.99 Å². The SMILES string of the molecule is C[C@@]1(c2ccc(Cl)c(Cl)c2)COC(N)=N1. The van der Waals surface area contributed by atoms with Gasteiger partial charge in [-0.1, -0.05) is 29.3 Å². The molecule has 0 amide bonds. The maximum atomic E-state index is 5.94. The van der Waals surface area contributed by atoms with E-state index < -0.39 is 5.54 Å². The van der Waals surface area contributed by atoms with Gasteiger partial charge in [0.1, 0.15) is 12.1 Å². The van der Waals surface area contributed by atoms with Gasteiger partial charge in [0, 0.05) is 0 Å². The third-order valence-electron chi connectivity index (χ3n) is 2.40. The molecule has 0 spiro atoms. The highest BCUT2D eigenvalue weighted by molar-refractivity contribution is 6.42. The summed E-state index contributed by atoms with van der Waals surface area (Å²) >= 11 is 11.8. The van der Waals surface area contributed by atoms with E-state index in [1.807, 2.05) is 13.0 Å². The zero-order chi connectivity index (χ0) is 11.1. The average Bonchev–Trinajstić information content (AvgIpc) is 2.52. The molecule has 1 aromatic carbocycles. The van der Waals surface area contributed by atoms with Crippen molar-refractivity contribution in [2.24, 2.45) is 10.7 Å². The first-order valence-electron chi connectivity index (χ1n) is 4.45. The van der Waals surface area contributed by atoms with Crippen LogP contribution in [0.5, 0.6) is 0 Å². The highest BCUT2D eigenvalue weighted by Crippen LogP contribution is 2.33. The summed E-state index contributed by atoms with van der Waals surface area (Å²) in [6, 6.07) is 5.62. The molecule has 0 radical (unpaired) electrons. The number of rotatable bonds is 1. The largest absolute Gasteiger partial charge is 0.462 e. The molecule has 15 heavy (non-hydrogen) atoms. The van der Waals surface area contributed by atoms with Gasteiger partial charge < -0.3 is 10.5 Å². The first-order chi connectivity index (χ1) is 7.01. The van der Waals surface area contributed by atoms with Crippen LogP contribution in [0.4, 0.5) is 0 Å². The van der Waals surface area contributed by atoms with E-state index in [-0.39, 0.29) is 6.02 Å². The number of nitrogens with two attached hydrogens (primary N) is 1. The van der Waals surface area contributed by atoms with Crippen LogP contribution in [-0.4, -0.2) is 12.6 Å². The highest BCUT2D eigenvalue weighted by Gasteiger charge is 2.33. The summed E-state index contributed by atoms with van der Waals surface area (Å²) in [5.74, 6) is 0. The topological polar surface area (TPSA) is 47.6 Å². The van der Waals surface area contributed by atoms with Crippen molar-refractivity contribution in [2.45, 2.75) is 12.5 Å². The Morgan fingerprint density at radius 2 is 2.13 bits per heavy atom. The summed E-state index contributed by atoms with van der Waals surface area (Å²) < 4.78 is 5.14. The van der Waals surface area contributed by atoms with Crippen LogP contribution in [0.2, 0.25) is 10.0 Å². The van der Waals surface area contributed by atoms with Gasteiger partial charge in [0.05, 0.1) is 10.0 Å². The molecule has 2 N–H and O–H groups in total. The van der Waals surface area contributed by atoms with Crippen LogP contribution in [0.25, 0.3) is 0 Å². The Morgan fingerprint density at radius 1 is 1.40 bits per heavy atom. The van der Waals surface area contributed by atoms with Crippen molar-refractivity contribution in [1.82, 2.24) is 0 Å². The lowest BCUT2D eigenvalue weighted by molar-refractivity contribution is 0.266. The lowest BCUT2D eigenvalue weighted by Gasteiger charge is -2.18. The van der Waals surface area contributed by atoms with Crippen LogP contribution >= 0.6 is 23.2 Å². The number of hydrogen-bond acceptors (Lipinski definition) is 3. The molecule has 80 valence electrons. The summed E-state index contributed by atoms with van der Waals surface area (Å²) in [5.41, 5.74) is 5.97. The molecule has 1 aromatic rings. The van der Waals surface area contributed by atoms with E-state index in [2.05, 4.69) is 4.99 Å². The van der Waals surface area contributed by atoms with E-state index >= 15 is 0 Å². The number of ether oxygens (including phenoxy) is 1. The molecule has 0 aliphatic carbocycles. The summed E-state index contributed by atoms with van der Waals surface area (Å²) in [4.78, 5) is 4.23. The van der Waals surface area contributed by atoms with Crippen molar-refractivity contribution < 1.29 is 4.74 Å². The van der Waals surface area contributed by atoms with E-state index in [4.69, 9.17) is 33.7 Å². The fraction of sp³-hybridized carbons (Fsp3) is 0.300. The van der Waals surface area contributed by atoms with E-state index in [0.29, 0.717) is 16.7 Å². The van der Waals surface area contributed by atoms with Gasteiger partial charge in [0.25, 0.3) is 6.02 Å². The zero-order valence-corrected chi connectivity index (χ0v) is 9.64. The standard InChI is InChI=1S/C10H10Cl2N2O/c1-10(5-15-9(13)14-10)6-2-3-7(11)8(12)4-6/h2-4H,5H2,1H3,(H2,13,14)/t10-/m0/s1. The predicted molar refractivity (Wildman–Crippen MR) is 61.4 cm³/mol. The molecule has 0 bridgehead atoms. The Kier molecular flexibility index (Phi) is 2.52. The van der Waals surface area contributed by atoms with Crippen LogP contribution in [0.3, 0.4) is 0 Å². The van der Waals surface area contributed by atoms with Crippen molar-refractivity contribution >= 4 is 29.2 Å². The minimum absolute atomic E-state index is 0.212. The normalized spacial score (nSPS) is 24.9. The van der Waals surface area contributed by atoms with Crippen molar-refractivity contribution in [3.63, 3.8) is 0 Å². The second kappa shape index (κ2) is 3.58. The first kappa shape index (κ1) is 10.6. The Labute approximate surface area is 97.8 Å². The quantitative estimate of drug-likeness (QED) is 0.826. The lowest BCUT2D eigenvalue weighted by atomic mass is 9.94. The van der Waals surface area contributed by atoms with Crippen molar-refractivity contribution in [1.29, 1.82) is 0 Å². The van der Waals surface area contributed by atoms with Gasteiger partial charge in [0.15, 0.2) is 0 Å². The van der Waals surface area contributed by atoms with Gasteiger partial charge >= 0.3 is 0 Å². The minimum Gasteiger partial charge on any atom is -0.462 e. The van der Waals surface area contributed by atoms with Crippen molar-refractivity contribution in [3.8, 4) is 0 Å². The molecule has 0 saturated heterocycles. The molecule has 0 unspecified atom stereocenters. The lowest BCUT2D eigenvalue weighted by Crippen LogP contribution is -2.20. The summed E-state index contributed by atoms with van der Waals surface area (Å²) in [7, 11) is 0. The van der Waals surface area contributed by atoms with E-state index in [9.17, 15) is 0 Å². The summed E-state index contributed by atoms with van der Waals surface area (Å²) in [5, 5.41) is 1.04. The zero-order valence-electron chi connectivity index (χ0n) is 8.13. The molecule has 1 aliphatic heterocycles. The van der Waals surface area contributed by atoms with E-state index in [1.165, 1.54) is 0 Å². The highest BCUT2D eigenvalue weighted by atomic mass is 35.5. The second-order valence-corrected chi connectivity index (χ2v) is 4.46. The number of hydrogen-bond donors (Lipinski definition) is 1. The fourth-order valence-electron chi connectivity index (χ4n) is 1.50. The molecule has 1 heterocycles. The second-order valence-electron chi connectivity index (χ2n) is 3.64. The van der Waals surface area contributed by atoms with Crippen molar-refractivity contribution in [2.75, 3.05) is 6.61 Å². The molecule has 0 aromatic heterocycles. The average molecular weight is 245 g/mol. The summed E-state index contributed by atoms with van der Waals surface area (Å²) in [6.07, 6.45) is 0. The van der Waals surface area contributed by atoms with E-state index in [1.54, 1.807) is 12.1 Å². The van der Waals surface area contributed by atoms with Crippen molar-refractivity contribution in [3.05, 3.63) is 33.8 Å². The minimum atomic E-state index is -0.460. The molecule has 0 saturated carbocycles. The number of nitrogens with zero attached hydrogens (tertiary/aromatic N) is 1. The van der Waals surface area contributed by atoms with Gasteiger partial charge in [-0.3, -0.25) is 0 Å². The third kappa shape index (κ3) is 1.90. The number of halogens is 2. The van der Waals surface area contributed by atoms with Gasteiger partial charge in [-0.15, -0.1) is 0 Å². The van der Waals surface area contributed by atoms with Gasteiger partial charge in [-0.2, -0.15) is 0 Å². The molecular formula is C10H10Cl2N2O. The molecule has 2 rings (SSSR count). The third-order valence-corrected chi connectivity index (χ3v) is 3.14. The molecule has 3 nitrogen and oxygen atoms in total. The number of amidine groups is 1. The Morgan fingerprint density at radius 3 is 2.67 bits per heavy atom. The van der Waals surface area contributed by atoms with Crippen LogP contribution in [-0.2, 0) is 10.3 Å². The molecule has 1 aliphatic rings. The number of benzene rings is 1. The maximum Gasteiger partial charge on any atom is 0.283 e. The monoisotopic (exact) mass is 244 g/mol. The Hall–Kier alpha value is -0.930. The smallest absolute Gasteiger partial charge is 0.283 e. The van der Waals surface area contributed by atoms with Crippen LogP contribution in [0.15, 0.2) is 23.2 Å². The number of aliphatic imine (C=N–C) groups is 1. The molecule has 0 fully saturated rings. The molecule has 1 atom stereocenters. The Bertz CT molecular complexity index is 433. The fourth-order valence-corrected chi connectivity index (χ4v) is 1.80. The first-order valence-corrected chi connectivity index (χ1v) is 5.20. The van der Waals surface area contributed by atoms with Crippen LogP contribution < -0.4 is 5.73 Å². The van der Waals surface area contributed by atoms with Crippen LogP contribution in [0, 0.1) is 0 Å². The van der Waals surface area contributed by atoms with Crippen LogP contribution in [0.1, 0.15) is 12.5 Å². The van der Waals surface area contributed by atoms with E-state index in [0.717, 1.165) is 5.56 Å². The Balaban J connectivity index is 2.42. The molecule has 5 heteroatoms.